The monoisotopic (exact) mass is 262 g/mol. The van der Waals surface area contributed by atoms with Gasteiger partial charge in [-0.3, -0.25) is 4.79 Å². The lowest BCUT2D eigenvalue weighted by Crippen LogP contribution is -2.36. The van der Waals surface area contributed by atoms with Crippen LogP contribution in [0.25, 0.3) is 0 Å². The molecule has 1 aliphatic heterocycles. The first-order valence-corrected chi connectivity index (χ1v) is 7.94. The second-order valence-electron chi connectivity index (χ2n) is 4.64. The van der Waals surface area contributed by atoms with Crippen LogP contribution in [0.4, 0.5) is 0 Å². The first-order chi connectivity index (χ1) is 7.94. The molecule has 0 aromatic heterocycles. The van der Waals surface area contributed by atoms with Gasteiger partial charge in [-0.25, -0.2) is 8.42 Å². The van der Waals surface area contributed by atoms with E-state index in [2.05, 4.69) is 5.32 Å². The zero-order valence-electron chi connectivity index (χ0n) is 10.6. The smallest absolute Gasteiger partial charge is 0.221 e. The van der Waals surface area contributed by atoms with Gasteiger partial charge in [0, 0.05) is 25.6 Å². The molecular weight excluding hydrogens is 240 g/mol. The van der Waals surface area contributed by atoms with Crippen molar-refractivity contribution in [2.24, 2.45) is 0 Å². The van der Waals surface area contributed by atoms with E-state index in [1.807, 2.05) is 18.9 Å². The van der Waals surface area contributed by atoms with E-state index in [0.29, 0.717) is 25.9 Å². The van der Waals surface area contributed by atoms with Gasteiger partial charge in [0.05, 0.1) is 11.5 Å². The van der Waals surface area contributed by atoms with Crippen LogP contribution in [0.15, 0.2) is 0 Å². The molecule has 1 N–H and O–H groups in total. The molecule has 1 heterocycles. The SMILES string of the molecule is CCCNC(=O)CCN(C)C1CCS(=O)(=O)C1. The molecule has 0 saturated carbocycles. The summed E-state index contributed by atoms with van der Waals surface area (Å²) in [7, 11) is -0.948. The topological polar surface area (TPSA) is 66.5 Å². The fraction of sp³-hybridized carbons (Fsp3) is 0.909. The zero-order valence-corrected chi connectivity index (χ0v) is 11.4. The number of carbonyl (C=O) groups excluding carboxylic acids is 1. The number of amides is 1. The first-order valence-electron chi connectivity index (χ1n) is 6.12. The van der Waals surface area contributed by atoms with Crippen LogP contribution in [0.5, 0.6) is 0 Å². The van der Waals surface area contributed by atoms with Gasteiger partial charge in [-0.15, -0.1) is 0 Å². The molecule has 5 nitrogen and oxygen atoms in total. The van der Waals surface area contributed by atoms with Crippen molar-refractivity contribution in [1.29, 1.82) is 0 Å². The lowest BCUT2D eigenvalue weighted by atomic mass is 10.2. The van der Waals surface area contributed by atoms with Crippen molar-refractivity contribution in [3.8, 4) is 0 Å². The molecule has 0 aliphatic carbocycles. The van der Waals surface area contributed by atoms with Gasteiger partial charge in [-0.2, -0.15) is 0 Å². The first kappa shape index (κ1) is 14.4. The summed E-state index contributed by atoms with van der Waals surface area (Å²) in [6, 6.07) is 0.0824. The molecule has 0 radical (unpaired) electrons. The fourth-order valence-electron chi connectivity index (χ4n) is 1.94. The van der Waals surface area contributed by atoms with Crippen LogP contribution >= 0.6 is 0 Å². The average molecular weight is 262 g/mol. The quantitative estimate of drug-likeness (QED) is 0.733. The molecular formula is C11H22N2O3S. The Labute approximate surface area is 103 Å². The molecule has 1 fully saturated rings. The van der Waals surface area contributed by atoms with Gasteiger partial charge >= 0.3 is 0 Å². The minimum absolute atomic E-state index is 0.0413. The molecule has 1 rings (SSSR count). The van der Waals surface area contributed by atoms with Crippen molar-refractivity contribution < 1.29 is 13.2 Å². The summed E-state index contributed by atoms with van der Waals surface area (Å²) >= 11 is 0. The second-order valence-corrected chi connectivity index (χ2v) is 6.87. The van der Waals surface area contributed by atoms with Gasteiger partial charge in [0.2, 0.25) is 5.91 Å². The van der Waals surface area contributed by atoms with Crippen molar-refractivity contribution in [3.63, 3.8) is 0 Å². The highest BCUT2D eigenvalue weighted by Crippen LogP contribution is 2.16. The number of carbonyl (C=O) groups is 1. The Morgan fingerprint density at radius 3 is 2.71 bits per heavy atom. The van der Waals surface area contributed by atoms with Crippen molar-refractivity contribution in [2.75, 3.05) is 31.6 Å². The molecule has 17 heavy (non-hydrogen) atoms. The summed E-state index contributed by atoms with van der Waals surface area (Å²) in [5, 5.41) is 2.81. The maximum atomic E-state index is 11.4. The minimum Gasteiger partial charge on any atom is -0.356 e. The highest BCUT2D eigenvalue weighted by atomic mass is 32.2. The van der Waals surface area contributed by atoms with Crippen molar-refractivity contribution in [2.45, 2.75) is 32.2 Å². The standard InChI is InChI=1S/C11H22N2O3S/c1-3-6-12-11(14)4-7-13(2)10-5-8-17(15,16)9-10/h10H,3-9H2,1-2H3,(H,12,14). The van der Waals surface area contributed by atoms with Gasteiger partial charge in [0.15, 0.2) is 9.84 Å². The van der Waals surface area contributed by atoms with E-state index in [1.54, 1.807) is 0 Å². The van der Waals surface area contributed by atoms with Crippen LogP contribution in [0, 0.1) is 0 Å². The largest absolute Gasteiger partial charge is 0.356 e. The normalized spacial score (nSPS) is 22.9. The van der Waals surface area contributed by atoms with Gasteiger partial charge in [0.1, 0.15) is 0 Å². The minimum atomic E-state index is -2.84. The van der Waals surface area contributed by atoms with Gasteiger partial charge in [-0.1, -0.05) is 6.92 Å². The van der Waals surface area contributed by atoms with Crippen LogP contribution in [-0.2, 0) is 14.6 Å². The molecule has 0 aromatic carbocycles. The predicted molar refractivity (Wildman–Crippen MR) is 67.6 cm³/mol. The average Bonchev–Trinajstić information content (AvgIpc) is 2.63. The summed E-state index contributed by atoms with van der Waals surface area (Å²) < 4.78 is 22.6. The van der Waals surface area contributed by atoms with Crippen LogP contribution in [0.2, 0.25) is 0 Å². The number of nitrogens with zero attached hydrogens (tertiary/aromatic N) is 1. The lowest BCUT2D eigenvalue weighted by Gasteiger charge is -2.22. The molecule has 1 atom stereocenters. The van der Waals surface area contributed by atoms with Gasteiger partial charge < -0.3 is 10.2 Å². The molecule has 0 spiro atoms. The van der Waals surface area contributed by atoms with E-state index in [-0.39, 0.29) is 23.5 Å². The van der Waals surface area contributed by atoms with Crippen LogP contribution in [0.1, 0.15) is 26.2 Å². The van der Waals surface area contributed by atoms with Crippen LogP contribution in [0.3, 0.4) is 0 Å². The summed E-state index contributed by atoms with van der Waals surface area (Å²) in [4.78, 5) is 13.4. The maximum absolute atomic E-state index is 11.4. The zero-order chi connectivity index (χ0) is 12.9. The third kappa shape index (κ3) is 5.04. The van der Waals surface area contributed by atoms with E-state index in [0.717, 1.165) is 6.42 Å². The number of hydrogen-bond donors (Lipinski definition) is 1. The van der Waals surface area contributed by atoms with E-state index < -0.39 is 9.84 Å². The molecule has 0 bridgehead atoms. The van der Waals surface area contributed by atoms with Gasteiger partial charge in [-0.05, 0) is 19.9 Å². The van der Waals surface area contributed by atoms with Crippen molar-refractivity contribution >= 4 is 15.7 Å². The summed E-state index contributed by atoms with van der Waals surface area (Å²) in [5.41, 5.74) is 0. The second kappa shape index (κ2) is 6.35. The summed E-state index contributed by atoms with van der Waals surface area (Å²) in [6.07, 6.45) is 2.06. The highest BCUT2D eigenvalue weighted by Gasteiger charge is 2.30. The van der Waals surface area contributed by atoms with E-state index in [4.69, 9.17) is 0 Å². The highest BCUT2D eigenvalue weighted by molar-refractivity contribution is 7.91. The van der Waals surface area contributed by atoms with Crippen LogP contribution < -0.4 is 5.32 Å². The Morgan fingerprint density at radius 1 is 1.47 bits per heavy atom. The fourth-order valence-corrected chi connectivity index (χ4v) is 3.74. The number of sulfone groups is 1. The molecule has 1 amide bonds. The number of rotatable bonds is 6. The third-order valence-corrected chi connectivity index (χ3v) is 4.85. The van der Waals surface area contributed by atoms with E-state index in [9.17, 15) is 13.2 Å². The van der Waals surface area contributed by atoms with Crippen molar-refractivity contribution in [1.82, 2.24) is 10.2 Å². The molecule has 0 aromatic rings. The predicted octanol–water partition coefficient (Wildman–Crippen LogP) is 0.0216. The Kier molecular flexibility index (Phi) is 5.39. The molecule has 1 aliphatic rings. The lowest BCUT2D eigenvalue weighted by molar-refractivity contribution is -0.121. The molecule has 100 valence electrons. The Hall–Kier alpha value is -0.620. The van der Waals surface area contributed by atoms with E-state index in [1.165, 1.54) is 0 Å². The molecule has 1 saturated heterocycles. The van der Waals surface area contributed by atoms with Crippen molar-refractivity contribution in [3.05, 3.63) is 0 Å². The van der Waals surface area contributed by atoms with E-state index >= 15 is 0 Å². The molecule has 6 heteroatoms. The Morgan fingerprint density at radius 2 is 2.18 bits per heavy atom. The maximum Gasteiger partial charge on any atom is 0.221 e. The Balaban J connectivity index is 2.26. The molecule has 1 unspecified atom stereocenters. The van der Waals surface area contributed by atoms with Crippen LogP contribution in [-0.4, -0.2) is 56.9 Å². The summed E-state index contributed by atoms with van der Waals surface area (Å²) in [6.45, 7) is 3.34. The Bertz CT molecular complexity index is 354. The third-order valence-electron chi connectivity index (χ3n) is 3.10. The van der Waals surface area contributed by atoms with Gasteiger partial charge in [0.25, 0.3) is 0 Å². The number of hydrogen-bond acceptors (Lipinski definition) is 4. The summed E-state index contributed by atoms with van der Waals surface area (Å²) in [5.74, 6) is 0.559. The number of nitrogens with one attached hydrogen (secondary N) is 1.